The SMILES string of the molecule is COc1ccc(CC(=O)n2nc(-c3ccc(C)cc3)nc2NCc2ccco2)cc1OC. The number of hydrogen-bond donors (Lipinski definition) is 1. The van der Waals surface area contributed by atoms with Crippen molar-refractivity contribution in [1.82, 2.24) is 14.8 Å². The van der Waals surface area contributed by atoms with Gasteiger partial charge in [-0.3, -0.25) is 4.79 Å². The molecule has 0 fully saturated rings. The number of methoxy groups -OCH3 is 2. The van der Waals surface area contributed by atoms with Gasteiger partial charge in [-0.2, -0.15) is 9.67 Å². The molecule has 8 heteroatoms. The van der Waals surface area contributed by atoms with Gasteiger partial charge in [-0.1, -0.05) is 35.9 Å². The molecule has 0 aliphatic carbocycles. The monoisotopic (exact) mass is 432 g/mol. The Morgan fingerprint density at radius 2 is 1.84 bits per heavy atom. The predicted octanol–water partition coefficient (Wildman–Crippen LogP) is 4.36. The lowest BCUT2D eigenvalue weighted by molar-refractivity contribution is 0.0901. The number of anilines is 1. The van der Waals surface area contributed by atoms with E-state index in [1.54, 1.807) is 32.6 Å². The Kier molecular flexibility index (Phi) is 6.21. The van der Waals surface area contributed by atoms with Crippen molar-refractivity contribution >= 4 is 11.9 Å². The minimum atomic E-state index is -0.231. The van der Waals surface area contributed by atoms with Crippen LogP contribution in [-0.4, -0.2) is 34.9 Å². The second-order valence-electron chi connectivity index (χ2n) is 7.23. The van der Waals surface area contributed by atoms with E-state index in [4.69, 9.17) is 13.9 Å². The topological polar surface area (TPSA) is 91.4 Å². The van der Waals surface area contributed by atoms with Crippen molar-refractivity contribution in [3.63, 3.8) is 0 Å². The van der Waals surface area contributed by atoms with E-state index < -0.39 is 0 Å². The first-order chi connectivity index (χ1) is 15.6. The van der Waals surface area contributed by atoms with E-state index >= 15 is 0 Å². The standard InChI is InChI=1S/C24H24N4O4/c1-16-6-9-18(10-7-16)23-26-24(25-15-19-5-4-12-32-19)28(27-23)22(29)14-17-8-11-20(30-2)21(13-17)31-3/h4-13H,14-15H2,1-3H3,(H,25,26,27). The van der Waals surface area contributed by atoms with Crippen LogP contribution in [0.25, 0.3) is 11.4 Å². The quantitative estimate of drug-likeness (QED) is 0.442. The highest BCUT2D eigenvalue weighted by Crippen LogP contribution is 2.28. The fourth-order valence-electron chi connectivity index (χ4n) is 3.24. The van der Waals surface area contributed by atoms with Gasteiger partial charge in [0, 0.05) is 5.56 Å². The summed E-state index contributed by atoms with van der Waals surface area (Å²) < 4.78 is 17.3. The summed E-state index contributed by atoms with van der Waals surface area (Å²) in [5.41, 5.74) is 2.74. The molecule has 0 unspecified atom stereocenters. The number of nitrogens with zero attached hydrogens (tertiary/aromatic N) is 3. The molecule has 32 heavy (non-hydrogen) atoms. The molecule has 0 aliphatic heterocycles. The smallest absolute Gasteiger partial charge is 0.254 e. The van der Waals surface area contributed by atoms with Gasteiger partial charge in [-0.05, 0) is 36.8 Å². The van der Waals surface area contributed by atoms with Gasteiger partial charge in [-0.25, -0.2) is 0 Å². The molecule has 164 valence electrons. The number of rotatable bonds is 8. The summed E-state index contributed by atoms with van der Waals surface area (Å²) in [6.45, 7) is 2.39. The lowest BCUT2D eigenvalue weighted by atomic mass is 10.1. The van der Waals surface area contributed by atoms with Gasteiger partial charge < -0.3 is 19.2 Å². The highest BCUT2D eigenvalue weighted by Gasteiger charge is 2.19. The number of carbonyl (C=O) groups is 1. The summed E-state index contributed by atoms with van der Waals surface area (Å²) in [6, 6.07) is 16.9. The van der Waals surface area contributed by atoms with Gasteiger partial charge in [-0.15, -0.1) is 5.10 Å². The number of carbonyl (C=O) groups excluding carboxylic acids is 1. The molecule has 0 radical (unpaired) electrons. The summed E-state index contributed by atoms with van der Waals surface area (Å²) in [5, 5.41) is 7.64. The molecule has 2 aromatic carbocycles. The van der Waals surface area contributed by atoms with E-state index in [9.17, 15) is 4.79 Å². The Morgan fingerprint density at radius 1 is 1.06 bits per heavy atom. The zero-order chi connectivity index (χ0) is 22.5. The molecule has 0 aliphatic rings. The van der Waals surface area contributed by atoms with Crippen molar-refractivity contribution in [2.24, 2.45) is 0 Å². The van der Waals surface area contributed by atoms with Crippen molar-refractivity contribution in [3.8, 4) is 22.9 Å². The Bertz CT molecular complexity index is 1200. The fourth-order valence-corrected chi connectivity index (χ4v) is 3.24. The fraction of sp³-hybridized carbons (Fsp3) is 0.208. The molecule has 0 saturated heterocycles. The molecule has 0 amide bonds. The third kappa shape index (κ3) is 4.64. The van der Waals surface area contributed by atoms with E-state index in [1.165, 1.54) is 4.68 Å². The summed E-state index contributed by atoms with van der Waals surface area (Å²) in [5.74, 6) is 2.48. The lowest BCUT2D eigenvalue weighted by Gasteiger charge is -2.10. The van der Waals surface area contributed by atoms with Gasteiger partial charge in [0.05, 0.1) is 33.4 Å². The molecular weight excluding hydrogens is 408 g/mol. The molecule has 2 heterocycles. The Balaban J connectivity index is 1.62. The number of ether oxygens (including phenoxy) is 2. The third-order valence-corrected chi connectivity index (χ3v) is 4.96. The average molecular weight is 432 g/mol. The Hall–Kier alpha value is -4.07. The highest BCUT2D eigenvalue weighted by molar-refractivity contribution is 5.83. The highest BCUT2D eigenvalue weighted by atomic mass is 16.5. The molecule has 4 rings (SSSR count). The number of furan rings is 1. The number of aromatic nitrogens is 3. The van der Waals surface area contributed by atoms with Crippen LogP contribution < -0.4 is 14.8 Å². The molecule has 8 nitrogen and oxygen atoms in total. The molecule has 4 aromatic rings. The van der Waals surface area contributed by atoms with Crippen LogP contribution in [0.15, 0.2) is 65.3 Å². The van der Waals surface area contributed by atoms with Crippen LogP contribution in [0.4, 0.5) is 5.95 Å². The summed E-state index contributed by atoms with van der Waals surface area (Å²) in [7, 11) is 3.13. The normalized spacial score (nSPS) is 10.7. The molecular formula is C24H24N4O4. The van der Waals surface area contributed by atoms with E-state index in [0.717, 1.165) is 22.5 Å². The molecule has 1 N–H and O–H groups in total. The van der Waals surface area contributed by atoms with Gasteiger partial charge in [0.2, 0.25) is 5.95 Å². The van der Waals surface area contributed by atoms with E-state index in [-0.39, 0.29) is 12.3 Å². The average Bonchev–Trinajstić information content (AvgIpc) is 3.48. The minimum absolute atomic E-state index is 0.118. The Morgan fingerprint density at radius 3 is 2.53 bits per heavy atom. The van der Waals surface area contributed by atoms with Crippen LogP contribution in [0.5, 0.6) is 11.5 Å². The largest absolute Gasteiger partial charge is 0.493 e. The molecule has 0 spiro atoms. The molecule has 0 atom stereocenters. The minimum Gasteiger partial charge on any atom is -0.493 e. The van der Waals surface area contributed by atoms with Gasteiger partial charge in [0.1, 0.15) is 5.76 Å². The second-order valence-corrected chi connectivity index (χ2v) is 7.23. The van der Waals surface area contributed by atoms with Crippen LogP contribution >= 0.6 is 0 Å². The zero-order valence-corrected chi connectivity index (χ0v) is 18.2. The van der Waals surface area contributed by atoms with Crippen LogP contribution in [0, 0.1) is 6.92 Å². The first-order valence-electron chi connectivity index (χ1n) is 10.1. The first kappa shape index (κ1) is 21.2. The summed E-state index contributed by atoms with van der Waals surface area (Å²) >= 11 is 0. The van der Waals surface area contributed by atoms with Crippen LogP contribution in [0.3, 0.4) is 0 Å². The third-order valence-electron chi connectivity index (χ3n) is 4.96. The van der Waals surface area contributed by atoms with Crippen LogP contribution in [-0.2, 0) is 13.0 Å². The van der Waals surface area contributed by atoms with Gasteiger partial charge in [0.25, 0.3) is 5.91 Å². The van der Waals surface area contributed by atoms with Crippen molar-refractivity contribution in [3.05, 3.63) is 77.7 Å². The van der Waals surface area contributed by atoms with Gasteiger partial charge >= 0.3 is 0 Å². The maximum Gasteiger partial charge on any atom is 0.254 e. The van der Waals surface area contributed by atoms with E-state index in [1.807, 2.05) is 49.4 Å². The van der Waals surface area contributed by atoms with Gasteiger partial charge in [0.15, 0.2) is 17.3 Å². The van der Waals surface area contributed by atoms with Crippen molar-refractivity contribution in [2.45, 2.75) is 19.9 Å². The maximum atomic E-state index is 13.2. The lowest BCUT2D eigenvalue weighted by Crippen LogP contribution is -2.18. The Labute approximate surface area is 185 Å². The molecule has 0 bridgehead atoms. The van der Waals surface area contributed by atoms with Crippen molar-refractivity contribution in [1.29, 1.82) is 0 Å². The number of nitrogens with one attached hydrogen (secondary N) is 1. The second kappa shape index (κ2) is 9.38. The number of hydrogen-bond acceptors (Lipinski definition) is 7. The van der Waals surface area contributed by atoms with Crippen molar-refractivity contribution in [2.75, 3.05) is 19.5 Å². The predicted molar refractivity (Wildman–Crippen MR) is 120 cm³/mol. The zero-order valence-electron chi connectivity index (χ0n) is 18.2. The molecule has 0 saturated carbocycles. The number of benzene rings is 2. The summed E-state index contributed by atoms with van der Waals surface area (Å²) in [6.07, 6.45) is 1.72. The van der Waals surface area contributed by atoms with Crippen LogP contribution in [0.1, 0.15) is 21.7 Å². The molecule has 2 aromatic heterocycles. The van der Waals surface area contributed by atoms with Crippen molar-refractivity contribution < 1.29 is 18.7 Å². The van der Waals surface area contributed by atoms with E-state index in [2.05, 4.69) is 15.4 Å². The maximum absolute atomic E-state index is 13.2. The van der Waals surface area contributed by atoms with Crippen LogP contribution in [0.2, 0.25) is 0 Å². The first-order valence-corrected chi connectivity index (χ1v) is 10.1. The number of aryl methyl sites for hydroxylation is 1. The summed E-state index contributed by atoms with van der Waals surface area (Å²) in [4.78, 5) is 17.7. The van der Waals surface area contributed by atoms with E-state index in [0.29, 0.717) is 29.8 Å².